The van der Waals surface area contributed by atoms with Gasteiger partial charge in [0.05, 0.1) is 13.2 Å². The van der Waals surface area contributed by atoms with Crippen molar-refractivity contribution >= 4 is 11.3 Å². The van der Waals surface area contributed by atoms with Gasteiger partial charge in [0.15, 0.2) is 0 Å². The maximum Gasteiger partial charge on any atom is 0.235 e. The molecule has 2 fully saturated rings. The second-order valence-electron chi connectivity index (χ2n) is 3.01. The molecule has 0 aliphatic carbocycles. The third-order valence-corrected chi connectivity index (χ3v) is 3.31. The highest BCUT2D eigenvalue weighted by Crippen LogP contribution is 2.29. The van der Waals surface area contributed by atoms with Crippen LogP contribution in [0.2, 0.25) is 0 Å². The van der Waals surface area contributed by atoms with Crippen molar-refractivity contribution < 1.29 is 13.5 Å². The molecule has 2 heterocycles. The van der Waals surface area contributed by atoms with Gasteiger partial charge in [-0.25, -0.2) is 4.21 Å². The fraction of sp³-hybridized carbons (Fsp3) is 1.00. The molecule has 2 aliphatic heterocycles. The van der Waals surface area contributed by atoms with Crippen LogP contribution in [-0.2, 0) is 16.0 Å². The number of fused-ring (bicyclic) bond motifs is 2. The van der Waals surface area contributed by atoms with E-state index in [-0.39, 0.29) is 12.1 Å². The van der Waals surface area contributed by atoms with E-state index in [4.69, 9.17) is 9.29 Å². The minimum atomic E-state index is -1.80. The number of hydrogen-bond donors (Lipinski definition) is 1. The molecule has 2 rings (SSSR count). The Kier molecular flexibility index (Phi) is 1.97. The van der Waals surface area contributed by atoms with Crippen LogP contribution in [0, 0.1) is 0 Å². The fourth-order valence-electron chi connectivity index (χ4n) is 1.85. The molecule has 0 amide bonds. The highest BCUT2D eigenvalue weighted by molar-refractivity contribution is 7.76. The summed E-state index contributed by atoms with van der Waals surface area (Å²) in [7, 11) is 0. The Hall–Kier alpha value is 0.0300. The molecular formula is C6H11NO3S. The molecule has 3 unspecified atom stereocenters. The topological polar surface area (TPSA) is 49.8 Å². The Bertz CT molecular complexity index is 171. The van der Waals surface area contributed by atoms with Gasteiger partial charge in [-0.05, 0) is 12.8 Å². The van der Waals surface area contributed by atoms with E-state index in [0.717, 1.165) is 12.8 Å². The van der Waals surface area contributed by atoms with Gasteiger partial charge in [-0.15, -0.1) is 0 Å². The standard InChI is InChI=1S/C6H11NO3S/c8-11(9)7-5-1-2-6(7)4-10-3-5/h5-6H,1-4H2,(H,8,9). The molecule has 5 heteroatoms. The van der Waals surface area contributed by atoms with Crippen LogP contribution >= 0.6 is 0 Å². The van der Waals surface area contributed by atoms with E-state index >= 15 is 0 Å². The molecule has 0 aromatic rings. The molecule has 0 aromatic carbocycles. The van der Waals surface area contributed by atoms with Crippen LogP contribution < -0.4 is 0 Å². The van der Waals surface area contributed by atoms with Crippen LogP contribution in [0.1, 0.15) is 12.8 Å². The van der Waals surface area contributed by atoms with E-state index in [9.17, 15) is 4.21 Å². The predicted molar refractivity (Wildman–Crippen MR) is 40.2 cm³/mol. The van der Waals surface area contributed by atoms with Crippen LogP contribution in [0.25, 0.3) is 0 Å². The monoisotopic (exact) mass is 177 g/mol. The lowest BCUT2D eigenvalue weighted by Crippen LogP contribution is -2.46. The van der Waals surface area contributed by atoms with Crippen molar-refractivity contribution in [2.75, 3.05) is 13.2 Å². The quantitative estimate of drug-likeness (QED) is 0.573. The summed E-state index contributed by atoms with van der Waals surface area (Å²) in [5.41, 5.74) is 0. The Morgan fingerprint density at radius 3 is 2.27 bits per heavy atom. The predicted octanol–water partition coefficient (Wildman–Crippen LogP) is -0.0137. The molecule has 2 bridgehead atoms. The summed E-state index contributed by atoms with van der Waals surface area (Å²) < 4.78 is 26.6. The summed E-state index contributed by atoms with van der Waals surface area (Å²) in [6.45, 7) is 1.23. The van der Waals surface area contributed by atoms with Gasteiger partial charge in [0.1, 0.15) is 0 Å². The molecule has 0 aromatic heterocycles. The minimum Gasteiger partial charge on any atom is -0.378 e. The van der Waals surface area contributed by atoms with Gasteiger partial charge >= 0.3 is 0 Å². The molecule has 2 saturated heterocycles. The Labute approximate surface area is 67.9 Å². The van der Waals surface area contributed by atoms with E-state index in [1.54, 1.807) is 4.31 Å². The lowest BCUT2D eigenvalue weighted by Gasteiger charge is -2.30. The third-order valence-electron chi connectivity index (χ3n) is 2.35. The second kappa shape index (κ2) is 2.82. The molecule has 0 spiro atoms. The summed E-state index contributed by atoms with van der Waals surface area (Å²) in [4.78, 5) is 0. The van der Waals surface area contributed by atoms with E-state index in [1.165, 1.54) is 0 Å². The first-order valence-electron chi connectivity index (χ1n) is 3.76. The maximum atomic E-state index is 10.8. The van der Waals surface area contributed by atoms with E-state index in [2.05, 4.69) is 0 Å². The second-order valence-corrected chi connectivity index (χ2v) is 3.90. The van der Waals surface area contributed by atoms with Crippen LogP contribution in [0.15, 0.2) is 0 Å². The van der Waals surface area contributed by atoms with Crippen molar-refractivity contribution in [3.8, 4) is 0 Å². The highest BCUT2D eigenvalue weighted by atomic mass is 32.2. The molecular weight excluding hydrogens is 166 g/mol. The number of morpholine rings is 1. The van der Waals surface area contributed by atoms with E-state index in [1.807, 2.05) is 0 Å². The van der Waals surface area contributed by atoms with Crippen molar-refractivity contribution in [2.24, 2.45) is 0 Å². The normalized spacial score (nSPS) is 40.8. The van der Waals surface area contributed by atoms with Crippen molar-refractivity contribution in [2.45, 2.75) is 24.9 Å². The Morgan fingerprint density at radius 1 is 1.36 bits per heavy atom. The van der Waals surface area contributed by atoms with Crippen molar-refractivity contribution in [3.63, 3.8) is 0 Å². The molecule has 3 atom stereocenters. The van der Waals surface area contributed by atoms with Crippen molar-refractivity contribution in [1.29, 1.82) is 0 Å². The van der Waals surface area contributed by atoms with Gasteiger partial charge in [-0.2, -0.15) is 4.31 Å². The van der Waals surface area contributed by atoms with E-state index < -0.39 is 11.3 Å². The molecule has 2 aliphatic rings. The van der Waals surface area contributed by atoms with Crippen LogP contribution in [0.3, 0.4) is 0 Å². The van der Waals surface area contributed by atoms with E-state index in [0.29, 0.717) is 13.2 Å². The Balaban J connectivity index is 2.15. The molecule has 4 nitrogen and oxygen atoms in total. The van der Waals surface area contributed by atoms with Crippen molar-refractivity contribution in [1.82, 2.24) is 4.31 Å². The van der Waals surface area contributed by atoms with Crippen molar-refractivity contribution in [3.05, 3.63) is 0 Å². The zero-order valence-corrected chi connectivity index (χ0v) is 6.92. The maximum absolute atomic E-state index is 10.8. The lowest BCUT2D eigenvalue weighted by molar-refractivity contribution is 0.0263. The average molecular weight is 177 g/mol. The summed E-state index contributed by atoms with van der Waals surface area (Å²) in [5.74, 6) is 0. The summed E-state index contributed by atoms with van der Waals surface area (Å²) in [5, 5.41) is 0. The molecule has 64 valence electrons. The van der Waals surface area contributed by atoms with Gasteiger partial charge in [-0.3, -0.25) is 4.55 Å². The average Bonchev–Trinajstić information content (AvgIpc) is 2.23. The zero-order valence-electron chi connectivity index (χ0n) is 6.10. The molecule has 11 heavy (non-hydrogen) atoms. The van der Waals surface area contributed by atoms with Crippen LogP contribution in [0.5, 0.6) is 0 Å². The number of rotatable bonds is 1. The smallest absolute Gasteiger partial charge is 0.235 e. The fourth-order valence-corrected chi connectivity index (χ4v) is 2.69. The molecule has 1 N–H and O–H groups in total. The zero-order chi connectivity index (χ0) is 7.84. The first-order chi connectivity index (χ1) is 5.29. The number of nitrogens with zero attached hydrogens (tertiary/aromatic N) is 1. The van der Waals surface area contributed by atoms with Gasteiger partial charge in [-0.1, -0.05) is 0 Å². The first-order valence-corrected chi connectivity index (χ1v) is 4.82. The molecule has 0 radical (unpaired) electrons. The first kappa shape index (κ1) is 7.67. The number of ether oxygens (including phenoxy) is 1. The highest BCUT2D eigenvalue weighted by Gasteiger charge is 2.40. The van der Waals surface area contributed by atoms with Crippen LogP contribution in [-0.4, -0.2) is 38.4 Å². The minimum absolute atomic E-state index is 0.180. The number of hydrogen-bond acceptors (Lipinski definition) is 2. The van der Waals surface area contributed by atoms with Gasteiger partial charge < -0.3 is 4.74 Å². The summed E-state index contributed by atoms with van der Waals surface area (Å²) in [6.07, 6.45) is 1.99. The third kappa shape index (κ3) is 1.22. The SMILES string of the molecule is O=S(O)N1C2CCC1COC2. The lowest BCUT2D eigenvalue weighted by atomic mass is 10.2. The largest absolute Gasteiger partial charge is 0.378 e. The van der Waals surface area contributed by atoms with Gasteiger partial charge in [0.2, 0.25) is 11.3 Å². The van der Waals surface area contributed by atoms with Gasteiger partial charge in [0.25, 0.3) is 0 Å². The Morgan fingerprint density at radius 2 is 1.91 bits per heavy atom. The summed E-state index contributed by atoms with van der Waals surface area (Å²) >= 11 is -1.80. The summed E-state index contributed by atoms with van der Waals surface area (Å²) in [6, 6.07) is 0.360. The molecule has 0 saturated carbocycles. The van der Waals surface area contributed by atoms with Crippen LogP contribution in [0.4, 0.5) is 0 Å². The van der Waals surface area contributed by atoms with Gasteiger partial charge in [0, 0.05) is 12.1 Å².